The summed E-state index contributed by atoms with van der Waals surface area (Å²) in [6.45, 7) is -0.456. The summed E-state index contributed by atoms with van der Waals surface area (Å²) in [5, 5.41) is 14.7. The number of aromatic carboxylic acids is 1. The molecule has 4 amide bonds. The highest BCUT2D eigenvalue weighted by atomic mass is 35.5. The standard InChI is InChI=1S/C23H17ClN4O5/c24-15-5-7-16(8-6-15)25-20(29)13-28-21(30)19(26-23(28)33)12-18-2-1-11-27(18)17-9-3-14(4-10-17)22(31)32/h1-12H,13H2,(H,25,29)(H,26,33)(H,31,32)/b19-12-. The highest BCUT2D eigenvalue weighted by molar-refractivity contribution is 6.30. The number of hydrogen-bond acceptors (Lipinski definition) is 4. The zero-order valence-corrected chi connectivity index (χ0v) is 17.7. The number of hydrogen-bond donors (Lipinski definition) is 3. The van der Waals surface area contributed by atoms with Gasteiger partial charge in [-0.05, 0) is 66.7 Å². The van der Waals surface area contributed by atoms with Crippen molar-refractivity contribution in [3.05, 3.63) is 88.8 Å². The Morgan fingerprint density at radius 3 is 2.39 bits per heavy atom. The molecule has 2 aromatic carbocycles. The zero-order valence-electron chi connectivity index (χ0n) is 17.0. The molecule has 166 valence electrons. The zero-order chi connectivity index (χ0) is 23.5. The van der Waals surface area contributed by atoms with E-state index in [2.05, 4.69) is 10.6 Å². The Hall–Kier alpha value is -4.37. The van der Waals surface area contributed by atoms with Crippen molar-refractivity contribution in [2.24, 2.45) is 0 Å². The first kappa shape index (κ1) is 21.8. The number of benzene rings is 2. The van der Waals surface area contributed by atoms with Gasteiger partial charge in [0.15, 0.2) is 0 Å². The van der Waals surface area contributed by atoms with Gasteiger partial charge >= 0.3 is 12.0 Å². The Kier molecular flexibility index (Phi) is 5.97. The van der Waals surface area contributed by atoms with Gasteiger partial charge in [0.1, 0.15) is 12.2 Å². The molecule has 10 heteroatoms. The molecule has 1 saturated heterocycles. The van der Waals surface area contributed by atoms with Crippen molar-refractivity contribution in [2.45, 2.75) is 0 Å². The second-order valence-electron chi connectivity index (χ2n) is 7.09. The molecule has 0 aliphatic carbocycles. The van der Waals surface area contributed by atoms with Gasteiger partial charge in [0.2, 0.25) is 5.91 Å². The van der Waals surface area contributed by atoms with E-state index in [1.54, 1.807) is 59.3 Å². The first-order valence-electron chi connectivity index (χ1n) is 9.73. The van der Waals surface area contributed by atoms with Gasteiger partial charge in [-0.1, -0.05) is 11.6 Å². The summed E-state index contributed by atoms with van der Waals surface area (Å²) in [5.74, 6) is -2.21. The number of rotatable bonds is 6. The van der Waals surface area contributed by atoms with E-state index in [9.17, 15) is 19.2 Å². The largest absolute Gasteiger partial charge is 0.478 e. The summed E-state index contributed by atoms with van der Waals surface area (Å²) >= 11 is 5.82. The maximum Gasteiger partial charge on any atom is 0.335 e. The van der Waals surface area contributed by atoms with Gasteiger partial charge in [-0.15, -0.1) is 0 Å². The third-order valence-corrected chi connectivity index (χ3v) is 5.11. The number of imide groups is 1. The van der Waals surface area contributed by atoms with Gasteiger partial charge in [-0.2, -0.15) is 0 Å². The minimum Gasteiger partial charge on any atom is -0.478 e. The number of carbonyl (C=O) groups excluding carboxylic acids is 3. The number of urea groups is 1. The number of carboxylic acids is 1. The summed E-state index contributed by atoms with van der Waals surface area (Å²) in [4.78, 5) is 49.2. The van der Waals surface area contributed by atoms with E-state index in [0.29, 0.717) is 22.1 Å². The summed E-state index contributed by atoms with van der Waals surface area (Å²) < 4.78 is 1.73. The third kappa shape index (κ3) is 4.78. The molecular formula is C23H17ClN4O5. The number of carbonyl (C=O) groups is 4. The van der Waals surface area contributed by atoms with Crippen LogP contribution in [0.4, 0.5) is 10.5 Å². The SMILES string of the molecule is O=C(CN1C(=O)N/C(=C\c2cccn2-c2ccc(C(=O)O)cc2)C1=O)Nc1ccc(Cl)cc1. The van der Waals surface area contributed by atoms with Crippen molar-refractivity contribution < 1.29 is 24.3 Å². The molecule has 2 heterocycles. The van der Waals surface area contributed by atoms with Crippen molar-refractivity contribution in [1.82, 2.24) is 14.8 Å². The highest BCUT2D eigenvalue weighted by Gasteiger charge is 2.35. The van der Waals surface area contributed by atoms with Crippen molar-refractivity contribution in [3.8, 4) is 5.69 Å². The number of carboxylic acid groups (broad SMARTS) is 1. The topological polar surface area (TPSA) is 121 Å². The molecule has 9 nitrogen and oxygen atoms in total. The first-order valence-corrected chi connectivity index (χ1v) is 10.1. The van der Waals surface area contributed by atoms with Crippen LogP contribution >= 0.6 is 11.6 Å². The quantitative estimate of drug-likeness (QED) is 0.381. The molecule has 0 spiro atoms. The fraction of sp³-hybridized carbons (Fsp3) is 0.0435. The van der Waals surface area contributed by atoms with E-state index in [0.717, 1.165) is 4.90 Å². The molecule has 0 bridgehead atoms. The predicted molar refractivity (Wildman–Crippen MR) is 121 cm³/mol. The fourth-order valence-corrected chi connectivity index (χ4v) is 3.38. The number of halogens is 1. The Morgan fingerprint density at radius 2 is 1.73 bits per heavy atom. The summed E-state index contributed by atoms with van der Waals surface area (Å²) in [6, 6.07) is 15.4. The predicted octanol–water partition coefficient (Wildman–Crippen LogP) is 3.36. The maximum absolute atomic E-state index is 12.7. The van der Waals surface area contributed by atoms with Gasteiger partial charge in [-0.3, -0.25) is 9.59 Å². The van der Waals surface area contributed by atoms with Crippen LogP contribution in [0.2, 0.25) is 5.02 Å². The van der Waals surface area contributed by atoms with Gasteiger partial charge in [0.25, 0.3) is 5.91 Å². The lowest BCUT2D eigenvalue weighted by Crippen LogP contribution is -2.38. The summed E-state index contributed by atoms with van der Waals surface area (Å²) in [7, 11) is 0. The van der Waals surface area contributed by atoms with E-state index in [-0.39, 0.29) is 11.3 Å². The second-order valence-corrected chi connectivity index (χ2v) is 7.53. The normalized spacial score (nSPS) is 14.5. The van der Waals surface area contributed by atoms with Crippen molar-refractivity contribution in [1.29, 1.82) is 0 Å². The van der Waals surface area contributed by atoms with Gasteiger partial charge < -0.3 is 20.3 Å². The Bertz CT molecular complexity index is 1280. The van der Waals surface area contributed by atoms with Crippen LogP contribution in [0.25, 0.3) is 11.8 Å². The molecule has 3 aromatic rings. The summed E-state index contributed by atoms with van der Waals surface area (Å²) in [5.41, 5.74) is 1.90. The average Bonchev–Trinajstić information content (AvgIpc) is 3.35. The van der Waals surface area contributed by atoms with Crippen molar-refractivity contribution >= 4 is 47.2 Å². The van der Waals surface area contributed by atoms with Crippen LogP contribution in [0, 0.1) is 0 Å². The number of aromatic nitrogens is 1. The van der Waals surface area contributed by atoms with Crippen molar-refractivity contribution in [3.63, 3.8) is 0 Å². The van der Waals surface area contributed by atoms with Crippen LogP contribution < -0.4 is 10.6 Å². The van der Waals surface area contributed by atoms with Crippen molar-refractivity contribution in [2.75, 3.05) is 11.9 Å². The molecule has 0 atom stereocenters. The monoisotopic (exact) mass is 464 g/mol. The molecular weight excluding hydrogens is 448 g/mol. The number of anilines is 1. The molecule has 33 heavy (non-hydrogen) atoms. The Labute approximate surface area is 192 Å². The smallest absolute Gasteiger partial charge is 0.335 e. The lowest BCUT2D eigenvalue weighted by molar-refractivity contribution is -0.127. The highest BCUT2D eigenvalue weighted by Crippen LogP contribution is 2.19. The molecule has 1 aliphatic heterocycles. The van der Waals surface area contributed by atoms with E-state index in [4.69, 9.17) is 16.7 Å². The van der Waals surface area contributed by atoms with Crippen LogP contribution in [0.3, 0.4) is 0 Å². The fourth-order valence-electron chi connectivity index (χ4n) is 3.25. The van der Waals surface area contributed by atoms with Crippen LogP contribution in [0.1, 0.15) is 16.1 Å². The molecule has 3 N–H and O–H groups in total. The molecule has 1 aromatic heterocycles. The van der Waals surface area contributed by atoms with Crippen LogP contribution in [-0.2, 0) is 9.59 Å². The van der Waals surface area contributed by atoms with E-state index >= 15 is 0 Å². The molecule has 0 saturated carbocycles. The van der Waals surface area contributed by atoms with E-state index in [1.807, 2.05) is 0 Å². The minimum atomic E-state index is -1.03. The second kappa shape index (κ2) is 9.01. The van der Waals surface area contributed by atoms with Gasteiger partial charge in [-0.25, -0.2) is 14.5 Å². The third-order valence-electron chi connectivity index (χ3n) is 4.86. The van der Waals surface area contributed by atoms with Crippen LogP contribution in [0.5, 0.6) is 0 Å². The minimum absolute atomic E-state index is 0.0152. The number of amides is 4. The van der Waals surface area contributed by atoms with Gasteiger partial charge in [0.05, 0.1) is 5.56 Å². The molecule has 0 radical (unpaired) electrons. The molecule has 1 fully saturated rings. The first-order chi connectivity index (χ1) is 15.8. The average molecular weight is 465 g/mol. The van der Waals surface area contributed by atoms with Crippen LogP contribution in [0.15, 0.2) is 72.6 Å². The van der Waals surface area contributed by atoms with E-state index in [1.165, 1.54) is 18.2 Å². The molecule has 4 rings (SSSR count). The lowest BCUT2D eigenvalue weighted by Gasteiger charge is -2.12. The number of nitrogens with zero attached hydrogens (tertiary/aromatic N) is 2. The van der Waals surface area contributed by atoms with Gasteiger partial charge in [0, 0.05) is 28.3 Å². The molecule has 1 aliphatic rings. The van der Waals surface area contributed by atoms with E-state index < -0.39 is 30.4 Å². The van der Waals surface area contributed by atoms with Crippen LogP contribution in [-0.4, -0.2) is 44.9 Å². The lowest BCUT2D eigenvalue weighted by atomic mass is 10.2. The summed E-state index contributed by atoms with van der Waals surface area (Å²) in [6.07, 6.45) is 3.23. The molecule has 0 unspecified atom stereocenters. The number of nitrogens with one attached hydrogen (secondary N) is 2. The Balaban J connectivity index is 1.49. The maximum atomic E-state index is 12.7. The Morgan fingerprint density at radius 1 is 1.03 bits per heavy atom.